The normalized spacial score (nSPS) is 12.5. The van der Waals surface area contributed by atoms with E-state index >= 15 is 0 Å². The second-order valence-corrected chi connectivity index (χ2v) is 12.5. The first-order valence-electron chi connectivity index (χ1n) is 14.7. The maximum absolute atomic E-state index is 14.3. The van der Waals surface area contributed by atoms with E-state index in [1.807, 2.05) is 6.07 Å². The number of hydrogen-bond acceptors (Lipinski definition) is 10. The molecule has 0 fully saturated rings. The molecule has 5 aromatic rings. The number of aromatic nitrogens is 5. The number of pyridine rings is 1. The van der Waals surface area contributed by atoms with E-state index in [-0.39, 0.29) is 34.3 Å². The van der Waals surface area contributed by atoms with E-state index in [2.05, 4.69) is 48.5 Å². The number of nitrogens with one attached hydrogen (secondary N) is 2. The highest BCUT2D eigenvalue weighted by atomic mass is 32.2. The summed E-state index contributed by atoms with van der Waals surface area (Å²) in [7, 11) is -3.61. The molecular formula is C35H31N9O4S. The van der Waals surface area contributed by atoms with Gasteiger partial charge in [-0.2, -0.15) is 0 Å². The SMILES string of the molecule is C=N/C=C(\C=C(/C)c1cnc(N)c(C(=O)N[C@H](C)c2nc3cccc(C#Cc4ccncc4)c3c(=O)n2-c2ccccc2)n1)NS(C)(=O)=O. The Labute approximate surface area is 282 Å². The van der Waals surface area contributed by atoms with Gasteiger partial charge in [-0.05, 0) is 68.6 Å². The van der Waals surface area contributed by atoms with Gasteiger partial charge in [0.1, 0.15) is 5.82 Å². The number of carbonyl (C=O) groups is 1. The minimum absolute atomic E-state index is 0.126. The molecule has 0 saturated heterocycles. The zero-order valence-corrected chi connectivity index (χ0v) is 27.6. The van der Waals surface area contributed by atoms with E-state index in [4.69, 9.17) is 10.7 Å². The van der Waals surface area contributed by atoms with Crippen LogP contribution in [0.3, 0.4) is 0 Å². The topological polar surface area (TPSA) is 187 Å². The molecule has 49 heavy (non-hydrogen) atoms. The number of hydrogen-bond donors (Lipinski definition) is 3. The number of anilines is 1. The zero-order valence-electron chi connectivity index (χ0n) is 26.7. The highest BCUT2D eigenvalue weighted by Gasteiger charge is 2.23. The van der Waals surface area contributed by atoms with Gasteiger partial charge in [0.2, 0.25) is 10.0 Å². The molecule has 246 valence electrons. The number of carbonyl (C=O) groups excluding carboxylic acids is 1. The van der Waals surface area contributed by atoms with Crippen molar-refractivity contribution < 1.29 is 13.2 Å². The van der Waals surface area contributed by atoms with Gasteiger partial charge in [-0.1, -0.05) is 36.1 Å². The zero-order chi connectivity index (χ0) is 35.1. The van der Waals surface area contributed by atoms with Crippen molar-refractivity contribution in [3.63, 3.8) is 0 Å². The van der Waals surface area contributed by atoms with Gasteiger partial charge in [-0.25, -0.2) is 23.4 Å². The van der Waals surface area contributed by atoms with Crippen LogP contribution >= 0.6 is 0 Å². The number of sulfonamides is 1. The van der Waals surface area contributed by atoms with Crippen molar-refractivity contribution in [1.29, 1.82) is 0 Å². The lowest BCUT2D eigenvalue weighted by Gasteiger charge is -2.20. The van der Waals surface area contributed by atoms with Crippen molar-refractivity contribution in [3.05, 3.63) is 136 Å². The molecule has 0 saturated carbocycles. The number of allylic oxidation sites excluding steroid dienone is 2. The minimum atomic E-state index is -3.61. The van der Waals surface area contributed by atoms with Gasteiger partial charge in [0, 0.05) is 23.5 Å². The number of nitrogen functional groups attached to an aromatic ring is 1. The van der Waals surface area contributed by atoms with Gasteiger partial charge in [0.15, 0.2) is 11.5 Å². The monoisotopic (exact) mass is 673 g/mol. The summed E-state index contributed by atoms with van der Waals surface area (Å²) in [5.74, 6) is 5.62. The van der Waals surface area contributed by atoms with Crippen molar-refractivity contribution in [3.8, 4) is 17.5 Å². The van der Waals surface area contributed by atoms with Crippen molar-refractivity contribution in [2.75, 3.05) is 12.0 Å². The lowest BCUT2D eigenvalue weighted by molar-refractivity contribution is 0.0933. The van der Waals surface area contributed by atoms with E-state index in [0.29, 0.717) is 27.7 Å². The largest absolute Gasteiger partial charge is 0.382 e. The predicted octanol–water partition coefficient (Wildman–Crippen LogP) is 3.54. The summed E-state index contributed by atoms with van der Waals surface area (Å²) < 4.78 is 27.3. The summed E-state index contributed by atoms with van der Waals surface area (Å²) in [5, 5.41) is 3.18. The molecule has 3 heterocycles. The third-order valence-corrected chi connectivity index (χ3v) is 7.63. The minimum Gasteiger partial charge on any atom is -0.382 e. The fourth-order valence-electron chi connectivity index (χ4n) is 4.84. The molecule has 0 aliphatic heterocycles. The first kappa shape index (κ1) is 33.9. The molecule has 0 aliphatic carbocycles. The maximum Gasteiger partial charge on any atom is 0.274 e. The second-order valence-electron chi connectivity index (χ2n) is 10.8. The molecule has 4 N–H and O–H groups in total. The standard InChI is InChI=1S/C35H31N9O4S/c1-22(19-26(20-37-3)43-49(4,47)48)29-21-39-32(36)31(41-29)34(45)40-23(2)33-42-28-12-8-9-25(14-13-24-15-17-38-18-16-24)30(28)35(46)44(33)27-10-6-5-7-11-27/h5-12,15-21,23,43H,3H2,1-2,4H3,(H2,36,39)(H,40,45)/b22-19+,26-20+/t23-/m1/s1. The molecule has 1 amide bonds. The average molecular weight is 674 g/mol. The summed E-state index contributed by atoms with van der Waals surface area (Å²) in [6, 6.07) is 16.9. The van der Waals surface area contributed by atoms with Crippen molar-refractivity contribution >= 4 is 44.9 Å². The maximum atomic E-state index is 14.3. The van der Waals surface area contributed by atoms with Crippen LogP contribution in [0.4, 0.5) is 5.82 Å². The fourth-order valence-corrected chi connectivity index (χ4v) is 5.38. The van der Waals surface area contributed by atoms with Crippen LogP contribution in [0, 0.1) is 11.8 Å². The van der Waals surface area contributed by atoms with Crippen LogP contribution in [0.25, 0.3) is 22.2 Å². The summed E-state index contributed by atoms with van der Waals surface area (Å²) in [4.78, 5) is 48.9. The van der Waals surface area contributed by atoms with Crippen molar-refractivity contribution in [2.24, 2.45) is 4.99 Å². The molecular weight excluding hydrogens is 643 g/mol. The molecule has 13 nitrogen and oxygen atoms in total. The quantitative estimate of drug-likeness (QED) is 0.120. The number of fused-ring (bicyclic) bond motifs is 1. The lowest BCUT2D eigenvalue weighted by Crippen LogP contribution is -2.34. The fraction of sp³-hybridized carbons (Fsp3) is 0.114. The van der Waals surface area contributed by atoms with Crippen LogP contribution in [0.15, 0.2) is 107 Å². The predicted molar refractivity (Wildman–Crippen MR) is 189 cm³/mol. The van der Waals surface area contributed by atoms with Gasteiger partial charge in [0.05, 0.1) is 52.7 Å². The number of nitrogens with two attached hydrogens (primary N) is 1. The summed E-state index contributed by atoms with van der Waals surface area (Å²) in [6.07, 6.45) is 8.33. The molecule has 0 unspecified atom stereocenters. The van der Waals surface area contributed by atoms with Gasteiger partial charge < -0.3 is 11.1 Å². The summed E-state index contributed by atoms with van der Waals surface area (Å²) in [6.45, 7) is 6.70. The molecule has 0 aliphatic rings. The number of aliphatic imine (C=N–C) groups is 1. The Morgan fingerprint density at radius 3 is 2.49 bits per heavy atom. The van der Waals surface area contributed by atoms with E-state index in [0.717, 1.165) is 11.8 Å². The first-order valence-corrected chi connectivity index (χ1v) is 16.6. The van der Waals surface area contributed by atoms with E-state index in [1.54, 1.807) is 80.8 Å². The third kappa shape index (κ3) is 8.10. The van der Waals surface area contributed by atoms with Crippen LogP contribution in [0.2, 0.25) is 0 Å². The van der Waals surface area contributed by atoms with Crippen LogP contribution in [0.1, 0.15) is 53.0 Å². The Bertz CT molecular complexity index is 2360. The van der Waals surface area contributed by atoms with Gasteiger partial charge in [-0.15, -0.1) is 0 Å². The van der Waals surface area contributed by atoms with Gasteiger partial charge >= 0.3 is 0 Å². The highest BCUT2D eigenvalue weighted by molar-refractivity contribution is 7.88. The van der Waals surface area contributed by atoms with Crippen LogP contribution in [-0.4, -0.2) is 51.8 Å². The summed E-state index contributed by atoms with van der Waals surface area (Å²) in [5.41, 5.74) is 8.54. The molecule has 14 heteroatoms. The number of amides is 1. The number of para-hydroxylation sites is 1. The van der Waals surface area contributed by atoms with E-state index in [1.165, 1.54) is 23.0 Å². The molecule has 1 atom stereocenters. The number of nitrogens with zero attached hydrogens (tertiary/aromatic N) is 6. The molecule has 2 aromatic carbocycles. The van der Waals surface area contributed by atoms with Crippen LogP contribution in [0.5, 0.6) is 0 Å². The smallest absolute Gasteiger partial charge is 0.274 e. The third-order valence-electron chi connectivity index (χ3n) is 7.02. The van der Waals surface area contributed by atoms with E-state index < -0.39 is 22.0 Å². The number of benzene rings is 2. The van der Waals surface area contributed by atoms with Crippen molar-refractivity contribution in [1.82, 2.24) is 34.5 Å². The Morgan fingerprint density at radius 1 is 1.06 bits per heavy atom. The molecule has 0 radical (unpaired) electrons. The Kier molecular flexibility index (Phi) is 10.1. The Morgan fingerprint density at radius 2 is 1.80 bits per heavy atom. The van der Waals surface area contributed by atoms with Crippen molar-refractivity contribution in [2.45, 2.75) is 19.9 Å². The van der Waals surface area contributed by atoms with Crippen LogP contribution < -0.4 is 21.3 Å². The average Bonchev–Trinajstić information content (AvgIpc) is 3.07. The van der Waals surface area contributed by atoms with Gasteiger partial charge in [0.25, 0.3) is 11.5 Å². The molecule has 0 spiro atoms. The highest BCUT2D eigenvalue weighted by Crippen LogP contribution is 2.22. The molecule has 3 aromatic heterocycles. The van der Waals surface area contributed by atoms with Gasteiger partial charge in [-0.3, -0.25) is 28.9 Å². The Balaban J connectivity index is 1.54. The second kappa shape index (κ2) is 14.5. The Hall–Kier alpha value is -6.46. The van der Waals surface area contributed by atoms with Crippen LogP contribution in [-0.2, 0) is 10.0 Å². The molecule has 0 bridgehead atoms. The molecule has 5 rings (SSSR count). The number of rotatable bonds is 9. The van der Waals surface area contributed by atoms with E-state index in [9.17, 15) is 18.0 Å². The first-order chi connectivity index (χ1) is 23.4. The summed E-state index contributed by atoms with van der Waals surface area (Å²) >= 11 is 0. The lowest BCUT2D eigenvalue weighted by atomic mass is 10.1.